The third-order valence-electron chi connectivity index (χ3n) is 5.10. The molecule has 1 fully saturated rings. The van der Waals surface area contributed by atoms with Crippen LogP contribution in [-0.2, 0) is 21.4 Å². The molecule has 4 rings (SSSR count). The Labute approximate surface area is 185 Å². The highest BCUT2D eigenvalue weighted by atomic mass is 35.5. The predicted octanol–water partition coefficient (Wildman–Crippen LogP) is 4.44. The summed E-state index contributed by atoms with van der Waals surface area (Å²) in [6.07, 6.45) is 1.61. The van der Waals surface area contributed by atoms with Crippen LogP contribution in [-0.4, -0.2) is 36.8 Å². The first-order valence-electron chi connectivity index (χ1n) is 9.85. The smallest absolute Gasteiger partial charge is 0.338 e. The molecule has 3 aromatic rings. The van der Waals surface area contributed by atoms with E-state index in [0.29, 0.717) is 30.4 Å². The second kappa shape index (κ2) is 8.82. The van der Waals surface area contributed by atoms with E-state index in [0.717, 1.165) is 18.4 Å². The van der Waals surface area contributed by atoms with E-state index in [2.05, 4.69) is 4.98 Å². The number of oxazole rings is 1. The lowest BCUT2D eigenvalue weighted by molar-refractivity contribution is 0.0466. The van der Waals surface area contributed by atoms with Gasteiger partial charge < -0.3 is 9.15 Å². The van der Waals surface area contributed by atoms with Gasteiger partial charge in [0.2, 0.25) is 15.9 Å². The molecule has 1 aliphatic heterocycles. The third-order valence-corrected chi connectivity index (χ3v) is 7.48. The van der Waals surface area contributed by atoms with Gasteiger partial charge in [0.1, 0.15) is 23.0 Å². The van der Waals surface area contributed by atoms with Gasteiger partial charge in [0, 0.05) is 18.7 Å². The molecular formula is C22H21ClN2O5S. The van der Waals surface area contributed by atoms with Gasteiger partial charge in [-0.05, 0) is 50.1 Å². The Hall–Kier alpha value is -2.68. The fraction of sp³-hybridized carbons (Fsp3) is 0.273. The Kier molecular flexibility index (Phi) is 6.13. The Morgan fingerprint density at radius 2 is 1.87 bits per heavy atom. The molecule has 7 nitrogen and oxygen atoms in total. The highest BCUT2D eigenvalue weighted by molar-refractivity contribution is 7.89. The molecule has 162 valence electrons. The Morgan fingerprint density at radius 1 is 1.16 bits per heavy atom. The van der Waals surface area contributed by atoms with Crippen molar-refractivity contribution in [1.29, 1.82) is 0 Å². The molecule has 0 atom stereocenters. The first-order valence-corrected chi connectivity index (χ1v) is 11.7. The minimum atomic E-state index is -3.76. The molecule has 0 unspecified atom stereocenters. The van der Waals surface area contributed by atoms with Gasteiger partial charge in [-0.2, -0.15) is 4.31 Å². The molecule has 0 N–H and O–H groups in total. The molecule has 1 saturated heterocycles. The standard InChI is InChI=1S/C22H21ClN2O5S/c1-15-19(24-21(30-15)16-7-3-2-4-8-16)14-29-22(26)17-9-10-18(23)20(13-17)31(27,28)25-11-5-6-12-25/h2-4,7-10,13H,5-6,11-12,14H2,1H3. The molecule has 1 aliphatic rings. The molecule has 2 aromatic carbocycles. The zero-order valence-electron chi connectivity index (χ0n) is 16.9. The van der Waals surface area contributed by atoms with Gasteiger partial charge >= 0.3 is 5.97 Å². The fourth-order valence-electron chi connectivity index (χ4n) is 3.38. The van der Waals surface area contributed by atoms with Crippen molar-refractivity contribution in [1.82, 2.24) is 9.29 Å². The second-order valence-electron chi connectivity index (χ2n) is 7.22. The van der Waals surface area contributed by atoms with Crippen LogP contribution in [0.2, 0.25) is 5.02 Å². The van der Waals surface area contributed by atoms with Gasteiger partial charge in [0.25, 0.3) is 0 Å². The maximum atomic E-state index is 12.9. The number of hydrogen-bond donors (Lipinski definition) is 0. The van der Waals surface area contributed by atoms with Gasteiger partial charge in [-0.1, -0.05) is 29.8 Å². The monoisotopic (exact) mass is 460 g/mol. The lowest BCUT2D eigenvalue weighted by atomic mass is 10.2. The Bertz CT molecular complexity index is 1200. The summed E-state index contributed by atoms with van der Waals surface area (Å²) in [7, 11) is -3.76. The number of carbonyl (C=O) groups excluding carboxylic acids is 1. The van der Waals surface area contributed by atoms with Gasteiger partial charge in [-0.25, -0.2) is 18.2 Å². The number of hydrogen-bond acceptors (Lipinski definition) is 6. The number of aryl methyl sites for hydroxylation is 1. The molecule has 1 aromatic heterocycles. The van der Waals surface area contributed by atoms with Crippen molar-refractivity contribution < 1.29 is 22.4 Å². The molecule has 9 heteroatoms. The number of nitrogens with zero attached hydrogens (tertiary/aromatic N) is 2. The number of sulfonamides is 1. The van der Waals surface area contributed by atoms with Gasteiger partial charge in [-0.3, -0.25) is 0 Å². The van der Waals surface area contributed by atoms with Gasteiger partial charge in [-0.15, -0.1) is 0 Å². The van der Waals surface area contributed by atoms with Crippen molar-refractivity contribution in [3.8, 4) is 11.5 Å². The van der Waals surface area contributed by atoms with E-state index in [1.54, 1.807) is 6.92 Å². The number of ether oxygens (including phenoxy) is 1. The normalized spacial score (nSPS) is 14.6. The largest absolute Gasteiger partial charge is 0.455 e. The zero-order chi connectivity index (χ0) is 22.0. The van der Waals surface area contributed by atoms with E-state index < -0.39 is 16.0 Å². The molecule has 0 aliphatic carbocycles. The van der Waals surface area contributed by atoms with Crippen molar-refractivity contribution in [3.05, 3.63) is 70.6 Å². The molecule has 0 bridgehead atoms. The predicted molar refractivity (Wildman–Crippen MR) is 115 cm³/mol. The van der Waals surface area contributed by atoms with Crippen LogP contribution in [0, 0.1) is 6.92 Å². The van der Waals surface area contributed by atoms with Crippen molar-refractivity contribution in [2.75, 3.05) is 13.1 Å². The van der Waals surface area contributed by atoms with Crippen LogP contribution in [0.15, 0.2) is 57.8 Å². The number of esters is 1. The molecule has 0 amide bonds. The number of aromatic nitrogens is 1. The average Bonchev–Trinajstić information content (AvgIpc) is 3.43. The van der Waals surface area contributed by atoms with E-state index >= 15 is 0 Å². The second-order valence-corrected chi connectivity index (χ2v) is 9.53. The van der Waals surface area contributed by atoms with Crippen molar-refractivity contribution in [3.63, 3.8) is 0 Å². The van der Waals surface area contributed by atoms with Gasteiger partial charge in [0.15, 0.2) is 0 Å². The van der Waals surface area contributed by atoms with Crippen LogP contribution in [0.1, 0.15) is 34.7 Å². The average molecular weight is 461 g/mol. The lowest BCUT2D eigenvalue weighted by Gasteiger charge is -2.17. The Balaban J connectivity index is 1.50. The number of benzene rings is 2. The summed E-state index contributed by atoms with van der Waals surface area (Å²) in [6, 6.07) is 13.5. The summed E-state index contributed by atoms with van der Waals surface area (Å²) in [6.45, 7) is 2.54. The van der Waals surface area contributed by atoms with E-state index in [4.69, 9.17) is 20.8 Å². The van der Waals surface area contributed by atoms with E-state index in [9.17, 15) is 13.2 Å². The van der Waals surface area contributed by atoms with Crippen LogP contribution in [0.5, 0.6) is 0 Å². The highest BCUT2D eigenvalue weighted by Gasteiger charge is 2.30. The SMILES string of the molecule is Cc1oc(-c2ccccc2)nc1COC(=O)c1ccc(Cl)c(S(=O)(=O)N2CCCC2)c1. The van der Waals surface area contributed by atoms with Crippen LogP contribution in [0.4, 0.5) is 0 Å². The highest BCUT2D eigenvalue weighted by Crippen LogP contribution is 2.28. The van der Waals surface area contributed by atoms with Gasteiger partial charge in [0.05, 0.1) is 10.6 Å². The van der Waals surface area contributed by atoms with E-state index in [1.807, 2.05) is 30.3 Å². The summed E-state index contributed by atoms with van der Waals surface area (Å²) < 4.78 is 38.1. The molecule has 31 heavy (non-hydrogen) atoms. The first kappa shape index (κ1) is 21.5. The summed E-state index contributed by atoms with van der Waals surface area (Å²) in [4.78, 5) is 16.9. The summed E-state index contributed by atoms with van der Waals surface area (Å²) in [5.41, 5.74) is 1.41. The quantitative estimate of drug-likeness (QED) is 0.505. The summed E-state index contributed by atoms with van der Waals surface area (Å²) in [5, 5.41) is 0.0725. The Morgan fingerprint density at radius 3 is 2.58 bits per heavy atom. The van der Waals surface area contributed by atoms with E-state index in [-0.39, 0.29) is 22.1 Å². The van der Waals surface area contributed by atoms with Crippen molar-refractivity contribution >= 4 is 27.6 Å². The molecule has 0 spiro atoms. The summed E-state index contributed by atoms with van der Waals surface area (Å²) >= 11 is 6.14. The minimum absolute atomic E-state index is 0.0725. The maximum Gasteiger partial charge on any atom is 0.338 e. The third kappa shape index (κ3) is 4.51. The van der Waals surface area contributed by atoms with Crippen molar-refractivity contribution in [2.24, 2.45) is 0 Å². The van der Waals surface area contributed by atoms with E-state index in [1.165, 1.54) is 22.5 Å². The van der Waals surface area contributed by atoms with Crippen LogP contribution in [0.3, 0.4) is 0 Å². The van der Waals surface area contributed by atoms with Crippen LogP contribution in [0.25, 0.3) is 11.5 Å². The zero-order valence-corrected chi connectivity index (χ0v) is 18.4. The fourth-order valence-corrected chi connectivity index (χ4v) is 5.40. The number of halogens is 1. The maximum absolute atomic E-state index is 12.9. The number of carbonyl (C=O) groups is 1. The molecular weight excluding hydrogens is 440 g/mol. The summed E-state index contributed by atoms with van der Waals surface area (Å²) in [5.74, 6) is 0.313. The lowest BCUT2D eigenvalue weighted by Crippen LogP contribution is -2.28. The van der Waals surface area contributed by atoms with Crippen molar-refractivity contribution in [2.45, 2.75) is 31.3 Å². The molecule has 0 radical (unpaired) electrons. The van der Waals surface area contributed by atoms with Crippen LogP contribution >= 0.6 is 11.6 Å². The molecule has 0 saturated carbocycles. The topological polar surface area (TPSA) is 89.7 Å². The molecule has 2 heterocycles. The first-order chi connectivity index (χ1) is 14.9. The number of rotatable bonds is 6. The minimum Gasteiger partial charge on any atom is -0.455 e. The van der Waals surface area contributed by atoms with Crippen LogP contribution < -0.4 is 0 Å².